The van der Waals surface area contributed by atoms with Crippen molar-refractivity contribution in [3.63, 3.8) is 0 Å². The maximum Gasteiger partial charge on any atom is 0.262 e. The van der Waals surface area contributed by atoms with Gasteiger partial charge in [0.2, 0.25) is 5.88 Å². The lowest BCUT2D eigenvalue weighted by Crippen LogP contribution is -1.98. The van der Waals surface area contributed by atoms with Crippen molar-refractivity contribution in [3.05, 3.63) is 52.6 Å². The zero-order valence-electron chi connectivity index (χ0n) is 9.58. The van der Waals surface area contributed by atoms with Gasteiger partial charge in [-0.25, -0.2) is 13.4 Å². The van der Waals surface area contributed by atoms with Gasteiger partial charge in [-0.2, -0.15) is 0 Å². The fourth-order valence-corrected chi connectivity index (χ4v) is 2.51. The molecule has 19 heavy (non-hydrogen) atoms. The molecule has 0 unspecified atom stereocenters. The van der Waals surface area contributed by atoms with Gasteiger partial charge < -0.3 is 4.74 Å². The predicted molar refractivity (Wildman–Crippen MR) is 75.7 cm³/mol. The van der Waals surface area contributed by atoms with Crippen molar-refractivity contribution in [2.45, 2.75) is 11.5 Å². The minimum atomic E-state index is -3.74. The van der Waals surface area contributed by atoms with Crippen molar-refractivity contribution in [1.29, 1.82) is 0 Å². The lowest BCUT2D eigenvalue weighted by atomic mass is 10.2. The third-order valence-electron chi connectivity index (χ3n) is 2.27. The van der Waals surface area contributed by atoms with E-state index >= 15 is 0 Å². The first-order chi connectivity index (χ1) is 8.95. The highest BCUT2D eigenvalue weighted by Crippen LogP contribution is 2.18. The minimum Gasteiger partial charge on any atom is -0.473 e. The fraction of sp³-hybridized carbons (Fsp3) is 0.0833. The quantitative estimate of drug-likeness (QED) is 0.783. The average molecular weight is 363 g/mol. The average Bonchev–Trinajstić information content (AvgIpc) is 2.36. The Hall–Kier alpha value is -1.11. The smallest absolute Gasteiger partial charge is 0.262 e. The number of benzene rings is 1. The summed E-state index contributed by atoms with van der Waals surface area (Å²) >= 11 is 3.37. The van der Waals surface area contributed by atoms with Gasteiger partial charge >= 0.3 is 0 Å². The monoisotopic (exact) mass is 361 g/mol. The largest absolute Gasteiger partial charge is 0.473 e. The van der Waals surface area contributed by atoms with Gasteiger partial charge in [0.25, 0.3) is 9.05 Å². The summed E-state index contributed by atoms with van der Waals surface area (Å²) in [5, 5.41) is 0. The third kappa shape index (κ3) is 4.19. The molecule has 2 aromatic rings. The molecule has 4 nitrogen and oxygen atoms in total. The number of pyridine rings is 1. The Kier molecular flexibility index (Phi) is 4.44. The van der Waals surface area contributed by atoms with Gasteiger partial charge in [-0.1, -0.05) is 28.1 Å². The van der Waals surface area contributed by atoms with Crippen molar-refractivity contribution < 1.29 is 13.2 Å². The first-order valence-electron chi connectivity index (χ1n) is 5.23. The first-order valence-corrected chi connectivity index (χ1v) is 8.33. The van der Waals surface area contributed by atoms with E-state index in [1.54, 1.807) is 0 Å². The van der Waals surface area contributed by atoms with Crippen LogP contribution in [0.5, 0.6) is 5.88 Å². The van der Waals surface area contributed by atoms with E-state index in [4.69, 9.17) is 15.4 Å². The molecule has 0 aliphatic rings. The van der Waals surface area contributed by atoms with Crippen molar-refractivity contribution in [1.82, 2.24) is 4.98 Å². The number of nitrogens with zero attached hydrogens (tertiary/aromatic N) is 1. The van der Waals surface area contributed by atoms with Crippen LogP contribution in [0.25, 0.3) is 0 Å². The molecule has 0 amide bonds. The maximum atomic E-state index is 11.0. The normalized spacial score (nSPS) is 11.3. The lowest BCUT2D eigenvalue weighted by molar-refractivity contribution is 0.293. The Morgan fingerprint density at radius 1 is 1.26 bits per heavy atom. The number of hydrogen-bond acceptors (Lipinski definition) is 4. The second-order valence-corrected chi connectivity index (χ2v) is 7.17. The van der Waals surface area contributed by atoms with Crippen LogP contribution >= 0.6 is 26.6 Å². The molecule has 0 atom stereocenters. The summed E-state index contributed by atoms with van der Waals surface area (Å²) < 4.78 is 28.5. The second-order valence-electron chi connectivity index (χ2n) is 3.69. The molecule has 0 radical (unpaired) electrons. The van der Waals surface area contributed by atoms with Gasteiger partial charge in [-0.05, 0) is 23.8 Å². The van der Waals surface area contributed by atoms with Crippen LogP contribution in [0.15, 0.2) is 52.0 Å². The molecule has 0 spiro atoms. The minimum absolute atomic E-state index is 0.0519. The molecular weight excluding hydrogens is 354 g/mol. The molecule has 0 fully saturated rings. The topological polar surface area (TPSA) is 56.3 Å². The molecule has 0 aliphatic heterocycles. The molecule has 1 aromatic carbocycles. The van der Waals surface area contributed by atoms with Crippen LogP contribution in [-0.2, 0) is 15.7 Å². The standard InChI is InChI=1S/C12H9BrClNO3S/c13-10-3-1-2-9(6-10)8-18-12-5-4-11(7-15-12)19(14,16)17/h1-7H,8H2. The summed E-state index contributed by atoms with van der Waals surface area (Å²) in [5.74, 6) is 0.337. The summed E-state index contributed by atoms with van der Waals surface area (Å²) in [6.45, 7) is 0.347. The molecule has 0 saturated heterocycles. The summed E-state index contributed by atoms with van der Waals surface area (Å²) in [6, 6.07) is 10.5. The molecule has 0 bridgehead atoms. The SMILES string of the molecule is O=S(=O)(Cl)c1ccc(OCc2cccc(Br)c2)nc1. The maximum absolute atomic E-state index is 11.0. The van der Waals surface area contributed by atoms with Crippen molar-refractivity contribution in [3.8, 4) is 5.88 Å². The molecule has 0 aliphatic carbocycles. The zero-order valence-corrected chi connectivity index (χ0v) is 12.7. The highest BCUT2D eigenvalue weighted by molar-refractivity contribution is 9.10. The summed E-state index contributed by atoms with van der Waals surface area (Å²) in [7, 11) is 1.44. The van der Waals surface area contributed by atoms with Crippen LogP contribution in [0, 0.1) is 0 Å². The summed E-state index contributed by atoms with van der Waals surface area (Å²) in [5.41, 5.74) is 0.977. The Morgan fingerprint density at radius 3 is 2.63 bits per heavy atom. The van der Waals surface area contributed by atoms with Gasteiger partial charge in [0.1, 0.15) is 11.5 Å². The van der Waals surface area contributed by atoms with E-state index in [-0.39, 0.29) is 4.90 Å². The first kappa shape index (κ1) is 14.3. The molecule has 0 N–H and O–H groups in total. The van der Waals surface area contributed by atoms with Crippen molar-refractivity contribution in [2.24, 2.45) is 0 Å². The van der Waals surface area contributed by atoms with Crippen LogP contribution in [0.2, 0.25) is 0 Å². The van der Waals surface area contributed by atoms with E-state index in [9.17, 15) is 8.42 Å². The van der Waals surface area contributed by atoms with E-state index in [0.717, 1.165) is 10.0 Å². The number of rotatable bonds is 4. The van der Waals surface area contributed by atoms with E-state index in [0.29, 0.717) is 12.5 Å². The molecule has 1 aromatic heterocycles. The number of hydrogen-bond donors (Lipinski definition) is 0. The van der Waals surface area contributed by atoms with Crippen LogP contribution < -0.4 is 4.74 Å². The molecule has 2 rings (SSSR count). The van der Waals surface area contributed by atoms with Crippen LogP contribution in [0.4, 0.5) is 0 Å². The Bertz CT molecular complexity index is 674. The van der Waals surface area contributed by atoms with Crippen LogP contribution in [0.3, 0.4) is 0 Å². The number of halogens is 2. The summed E-state index contributed by atoms with van der Waals surface area (Å²) in [6.07, 6.45) is 1.17. The van der Waals surface area contributed by atoms with E-state index in [1.807, 2.05) is 24.3 Å². The van der Waals surface area contributed by atoms with Gasteiger partial charge in [0.05, 0.1) is 6.20 Å². The third-order valence-corrected chi connectivity index (χ3v) is 4.10. The highest BCUT2D eigenvalue weighted by Gasteiger charge is 2.10. The Balaban J connectivity index is 2.05. The molecule has 1 heterocycles. The molecular formula is C12H9BrClNO3S. The Labute approximate surface area is 123 Å². The van der Waals surface area contributed by atoms with Gasteiger partial charge in [0.15, 0.2) is 0 Å². The van der Waals surface area contributed by atoms with Crippen molar-refractivity contribution in [2.75, 3.05) is 0 Å². The Morgan fingerprint density at radius 2 is 2.05 bits per heavy atom. The zero-order chi connectivity index (χ0) is 13.9. The van der Waals surface area contributed by atoms with Gasteiger partial charge in [-0.15, -0.1) is 0 Å². The fourth-order valence-electron chi connectivity index (χ4n) is 1.38. The van der Waals surface area contributed by atoms with E-state index in [1.165, 1.54) is 18.3 Å². The number of ether oxygens (including phenoxy) is 1. The van der Waals surface area contributed by atoms with Gasteiger partial charge in [-0.3, -0.25) is 0 Å². The predicted octanol–water partition coefficient (Wildman–Crippen LogP) is 3.35. The molecule has 7 heteroatoms. The lowest BCUT2D eigenvalue weighted by Gasteiger charge is -2.05. The van der Waals surface area contributed by atoms with E-state index in [2.05, 4.69) is 20.9 Å². The van der Waals surface area contributed by atoms with E-state index < -0.39 is 9.05 Å². The second kappa shape index (κ2) is 5.90. The van der Waals surface area contributed by atoms with Crippen LogP contribution in [0.1, 0.15) is 5.56 Å². The summed E-state index contributed by atoms with van der Waals surface area (Å²) in [4.78, 5) is 3.83. The highest BCUT2D eigenvalue weighted by atomic mass is 79.9. The van der Waals surface area contributed by atoms with Crippen LogP contribution in [-0.4, -0.2) is 13.4 Å². The van der Waals surface area contributed by atoms with Crippen molar-refractivity contribution >= 4 is 35.7 Å². The number of aromatic nitrogens is 1. The molecule has 100 valence electrons. The molecule has 0 saturated carbocycles. The van der Waals surface area contributed by atoms with Gasteiger partial charge in [0, 0.05) is 21.2 Å².